The standard InChI is InChI=1S/C16H20FN3O/c1-11-7-20(8-12(2)18-11)9-15-10-21-16(19-15)13-4-3-5-14(17)6-13/h3-6,10-12,18H,7-9H2,1-2H3. The minimum atomic E-state index is -0.281. The Morgan fingerprint density at radius 2 is 2.10 bits per heavy atom. The molecule has 1 aliphatic rings. The van der Waals surface area contributed by atoms with Crippen molar-refractivity contribution in [2.24, 2.45) is 0 Å². The molecule has 0 saturated carbocycles. The van der Waals surface area contributed by atoms with E-state index < -0.39 is 0 Å². The quantitative estimate of drug-likeness (QED) is 0.943. The Balaban J connectivity index is 1.70. The molecule has 4 nitrogen and oxygen atoms in total. The number of benzene rings is 1. The average molecular weight is 289 g/mol. The minimum absolute atomic E-state index is 0.281. The summed E-state index contributed by atoms with van der Waals surface area (Å²) in [7, 11) is 0. The van der Waals surface area contributed by atoms with Gasteiger partial charge in [-0.3, -0.25) is 4.90 Å². The van der Waals surface area contributed by atoms with E-state index in [0.717, 1.165) is 25.3 Å². The highest BCUT2D eigenvalue weighted by Gasteiger charge is 2.21. The molecule has 1 fully saturated rings. The molecule has 21 heavy (non-hydrogen) atoms. The highest BCUT2D eigenvalue weighted by molar-refractivity contribution is 5.52. The summed E-state index contributed by atoms with van der Waals surface area (Å²) in [5, 5.41) is 3.51. The number of rotatable bonds is 3. The van der Waals surface area contributed by atoms with Gasteiger partial charge in [0, 0.05) is 37.3 Å². The van der Waals surface area contributed by atoms with Crippen molar-refractivity contribution < 1.29 is 8.81 Å². The van der Waals surface area contributed by atoms with Crippen molar-refractivity contribution in [1.82, 2.24) is 15.2 Å². The maximum atomic E-state index is 13.2. The number of aromatic nitrogens is 1. The SMILES string of the molecule is CC1CN(Cc2coc(-c3cccc(F)c3)n2)CC(C)N1. The zero-order valence-electron chi connectivity index (χ0n) is 12.3. The largest absolute Gasteiger partial charge is 0.444 e. The third-order valence-corrected chi connectivity index (χ3v) is 3.64. The molecule has 1 aromatic heterocycles. The Morgan fingerprint density at radius 1 is 1.33 bits per heavy atom. The monoisotopic (exact) mass is 289 g/mol. The predicted molar refractivity (Wildman–Crippen MR) is 79.2 cm³/mol. The molecule has 0 spiro atoms. The van der Waals surface area contributed by atoms with Crippen molar-refractivity contribution in [3.05, 3.63) is 42.0 Å². The highest BCUT2D eigenvalue weighted by Crippen LogP contribution is 2.20. The summed E-state index contributed by atoms with van der Waals surface area (Å²) >= 11 is 0. The number of hydrogen-bond donors (Lipinski definition) is 1. The molecule has 2 aromatic rings. The van der Waals surface area contributed by atoms with Crippen LogP contribution in [-0.2, 0) is 6.54 Å². The van der Waals surface area contributed by atoms with Gasteiger partial charge in [0.05, 0.1) is 5.69 Å². The van der Waals surface area contributed by atoms with E-state index in [1.807, 2.05) is 0 Å². The number of halogens is 1. The van der Waals surface area contributed by atoms with Gasteiger partial charge in [0.1, 0.15) is 12.1 Å². The lowest BCUT2D eigenvalue weighted by atomic mass is 10.1. The van der Waals surface area contributed by atoms with Crippen LogP contribution in [0.25, 0.3) is 11.5 Å². The fourth-order valence-electron chi connectivity index (χ4n) is 2.93. The highest BCUT2D eigenvalue weighted by atomic mass is 19.1. The van der Waals surface area contributed by atoms with Gasteiger partial charge in [0.2, 0.25) is 5.89 Å². The minimum Gasteiger partial charge on any atom is -0.444 e. The summed E-state index contributed by atoms with van der Waals surface area (Å²) in [5.74, 6) is 0.192. The second-order valence-corrected chi connectivity index (χ2v) is 5.82. The lowest BCUT2D eigenvalue weighted by molar-refractivity contribution is 0.165. The summed E-state index contributed by atoms with van der Waals surface area (Å²) < 4.78 is 18.7. The Labute approximate surface area is 124 Å². The maximum absolute atomic E-state index is 13.2. The third-order valence-electron chi connectivity index (χ3n) is 3.64. The van der Waals surface area contributed by atoms with Crippen LogP contribution in [0.2, 0.25) is 0 Å². The summed E-state index contributed by atoms with van der Waals surface area (Å²) in [6.07, 6.45) is 1.66. The molecule has 0 radical (unpaired) electrons. The first-order chi connectivity index (χ1) is 10.1. The first kappa shape index (κ1) is 14.2. The van der Waals surface area contributed by atoms with Crippen molar-refractivity contribution in [3.63, 3.8) is 0 Å². The van der Waals surface area contributed by atoms with E-state index in [0.29, 0.717) is 23.5 Å². The van der Waals surface area contributed by atoms with Crippen LogP contribution in [0.5, 0.6) is 0 Å². The van der Waals surface area contributed by atoms with Crippen LogP contribution in [0.3, 0.4) is 0 Å². The second-order valence-electron chi connectivity index (χ2n) is 5.82. The molecule has 5 heteroatoms. The first-order valence-corrected chi connectivity index (χ1v) is 7.29. The van der Waals surface area contributed by atoms with Crippen LogP contribution >= 0.6 is 0 Å². The molecule has 0 bridgehead atoms. The molecule has 1 N–H and O–H groups in total. The Hall–Kier alpha value is -1.72. The van der Waals surface area contributed by atoms with Gasteiger partial charge in [-0.1, -0.05) is 6.07 Å². The van der Waals surface area contributed by atoms with Gasteiger partial charge in [-0.2, -0.15) is 0 Å². The van der Waals surface area contributed by atoms with E-state index in [2.05, 4.69) is 29.0 Å². The van der Waals surface area contributed by atoms with E-state index in [9.17, 15) is 4.39 Å². The fourth-order valence-corrected chi connectivity index (χ4v) is 2.93. The van der Waals surface area contributed by atoms with E-state index in [4.69, 9.17) is 4.42 Å². The van der Waals surface area contributed by atoms with E-state index >= 15 is 0 Å². The zero-order chi connectivity index (χ0) is 14.8. The van der Waals surface area contributed by atoms with Gasteiger partial charge in [0.25, 0.3) is 0 Å². The molecule has 0 amide bonds. The average Bonchev–Trinajstić information content (AvgIpc) is 2.86. The van der Waals surface area contributed by atoms with E-state index in [-0.39, 0.29) is 5.82 Å². The molecule has 1 aliphatic heterocycles. The Bertz CT molecular complexity index is 603. The molecule has 2 unspecified atom stereocenters. The molecular weight excluding hydrogens is 269 g/mol. The molecule has 1 saturated heterocycles. The van der Waals surface area contributed by atoms with Crippen molar-refractivity contribution in [1.29, 1.82) is 0 Å². The smallest absolute Gasteiger partial charge is 0.226 e. The van der Waals surface area contributed by atoms with Crippen LogP contribution in [0.1, 0.15) is 19.5 Å². The van der Waals surface area contributed by atoms with Crippen LogP contribution in [0.4, 0.5) is 4.39 Å². The molecule has 2 atom stereocenters. The predicted octanol–water partition coefficient (Wildman–Crippen LogP) is 2.66. The fraction of sp³-hybridized carbons (Fsp3) is 0.438. The number of oxazole rings is 1. The Morgan fingerprint density at radius 3 is 2.81 bits per heavy atom. The first-order valence-electron chi connectivity index (χ1n) is 7.29. The van der Waals surface area contributed by atoms with Gasteiger partial charge in [-0.05, 0) is 32.0 Å². The van der Waals surface area contributed by atoms with Crippen LogP contribution in [0, 0.1) is 5.82 Å². The number of hydrogen-bond acceptors (Lipinski definition) is 4. The molecule has 2 heterocycles. The topological polar surface area (TPSA) is 41.3 Å². The van der Waals surface area contributed by atoms with Gasteiger partial charge >= 0.3 is 0 Å². The maximum Gasteiger partial charge on any atom is 0.226 e. The zero-order valence-corrected chi connectivity index (χ0v) is 12.3. The van der Waals surface area contributed by atoms with Crippen molar-refractivity contribution in [2.75, 3.05) is 13.1 Å². The van der Waals surface area contributed by atoms with Crippen molar-refractivity contribution >= 4 is 0 Å². The second kappa shape index (κ2) is 5.95. The Kier molecular flexibility index (Phi) is 4.03. The van der Waals surface area contributed by atoms with Crippen molar-refractivity contribution in [2.45, 2.75) is 32.5 Å². The molecule has 1 aromatic carbocycles. The van der Waals surface area contributed by atoms with Gasteiger partial charge in [-0.15, -0.1) is 0 Å². The van der Waals surface area contributed by atoms with Crippen LogP contribution < -0.4 is 5.32 Å². The molecule has 0 aliphatic carbocycles. The summed E-state index contributed by atoms with van der Waals surface area (Å²) in [5.41, 5.74) is 1.55. The molecule has 112 valence electrons. The van der Waals surface area contributed by atoms with Gasteiger partial charge in [0.15, 0.2) is 0 Å². The molecule has 3 rings (SSSR count). The molecular formula is C16H20FN3O. The van der Waals surface area contributed by atoms with Crippen LogP contribution in [-0.4, -0.2) is 35.1 Å². The number of nitrogens with zero attached hydrogens (tertiary/aromatic N) is 2. The summed E-state index contributed by atoms with van der Waals surface area (Å²) in [4.78, 5) is 6.83. The third kappa shape index (κ3) is 3.49. The van der Waals surface area contributed by atoms with Gasteiger partial charge in [-0.25, -0.2) is 9.37 Å². The number of piperazine rings is 1. The van der Waals surface area contributed by atoms with Crippen LogP contribution in [0.15, 0.2) is 34.9 Å². The van der Waals surface area contributed by atoms with E-state index in [1.54, 1.807) is 18.4 Å². The summed E-state index contributed by atoms with van der Waals surface area (Å²) in [6.45, 7) is 7.11. The van der Waals surface area contributed by atoms with E-state index in [1.165, 1.54) is 12.1 Å². The normalized spacial score (nSPS) is 23.4. The van der Waals surface area contributed by atoms with Crippen molar-refractivity contribution in [3.8, 4) is 11.5 Å². The lowest BCUT2D eigenvalue weighted by Crippen LogP contribution is -2.53. The lowest BCUT2D eigenvalue weighted by Gasteiger charge is -2.35. The van der Waals surface area contributed by atoms with Gasteiger partial charge < -0.3 is 9.73 Å². The number of nitrogens with one attached hydrogen (secondary N) is 1. The summed E-state index contributed by atoms with van der Waals surface area (Å²) in [6, 6.07) is 7.26.